The molecule has 10 heteroatoms. The van der Waals surface area contributed by atoms with Gasteiger partial charge in [0.1, 0.15) is 22.3 Å². The van der Waals surface area contributed by atoms with E-state index >= 15 is 0 Å². The fraction of sp³-hybridized carbons (Fsp3) is 0.222. The zero-order chi connectivity index (χ0) is 27.3. The third-order valence-corrected chi connectivity index (χ3v) is 7.90. The van der Waals surface area contributed by atoms with Crippen molar-refractivity contribution in [1.29, 1.82) is 0 Å². The molecular weight excluding hydrogens is 520 g/mol. The maximum Gasteiger partial charge on any atom is 0.337 e. The van der Waals surface area contributed by atoms with Gasteiger partial charge in [0, 0.05) is 24.1 Å². The summed E-state index contributed by atoms with van der Waals surface area (Å²) < 4.78 is 63.4. The van der Waals surface area contributed by atoms with Gasteiger partial charge in [0.2, 0.25) is 0 Å². The number of halogens is 2. The maximum atomic E-state index is 14.7. The Balaban J connectivity index is 0.00000186. The molecule has 0 saturated heterocycles. The quantitative estimate of drug-likeness (QED) is 0.231. The number of aromatic hydroxyl groups is 1. The predicted octanol–water partition coefficient (Wildman–Crippen LogP) is 7.61. The molecule has 0 unspecified atom stereocenters. The zero-order valence-corrected chi connectivity index (χ0v) is 22.4. The lowest BCUT2D eigenvalue weighted by Crippen LogP contribution is -2.16. The number of methoxy groups -OCH3 is 1. The molecule has 0 radical (unpaired) electrons. The number of fused-ring (bicyclic) bond motifs is 1. The van der Waals surface area contributed by atoms with E-state index in [0.717, 1.165) is 29.3 Å². The minimum Gasteiger partial charge on any atom is -0.506 e. The number of benzene rings is 3. The van der Waals surface area contributed by atoms with Crippen molar-refractivity contribution in [3.05, 3.63) is 77.4 Å². The van der Waals surface area contributed by atoms with Gasteiger partial charge in [-0.2, -0.15) is 0 Å². The Labute approximate surface area is 221 Å². The van der Waals surface area contributed by atoms with Crippen molar-refractivity contribution in [2.24, 2.45) is 0 Å². The van der Waals surface area contributed by atoms with Gasteiger partial charge < -0.3 is 9.84 Å². The molecular formula is C27H31F2NO5S2. The number of rotatable bonds is 7. The van der Waals surface area contributed by atoms with E-state index in [1.165, 1.54) is 17.4 Å². The van der Waals surface area contributed by atoms with Crippen molar-refractivity contribution >= 4 is 43.1 Å². The van der Waals surface area contributed by atoms with Gasteiger partial charge in [0.15, 0.2) is 0 Å². The van der Waals surface area contributed by atoms with Gasteiger partial charge in [-0.15, -0.1) is 11.3 Å². The third kappa shape index (κ3) is 5.91. The largest absolute Gasteiger partial charge is 0.506 e. The van der Waals surface area contributed by atoms with E-state index < -0.39 is 44.0 Å². The van der Waals surface area contributed by atoms with Crippen LogP contribution in [-0.4, -0.2) is 26.6 Å². The van der Waals surface area contributed by atoms with Gasteiger partial charge in [-0.05, 0) is 47.7 Å². The first-order valence-electron chi connectivity index (χ1n) is 11.6. The zero-order valence-electron chi connectivity index (χ0n) is 20.8. The SMILES string of the molecule is CC.CCCc1cc(C(=O)OC)cc(S(=O)(=O)Nc2cc(-c3cc4ccccc4s3)c(F)cc2F)c1O.[HH].[HH]. The maximum absolute atomic E-state index is 14.7. The molecule has 0 amide bonds. The fourth-order valence-electron chi connectivity index (χ4n) is 3.70. The second-order valence-electron chi connectivity index (χ2n) is 7.79. The van der Waals surface area contributed by atoms with Crippen molar-refractivity contribution in [1.82, 2.24) is 0 Å². The van der Waals surface area contributed by atoms with E-state index in [0.29, 0.717) is 23.8 Å². The Morgan fingerprint density at radius 3 is 2.43 bits per heavy atom. The van der Waals surface area contributed by atoms with Crippen LogP contribution in [0.4, 0.5) is 14.5 Å². The van der Waals surface area contributed by atoms with E-state index in [4.69, 9.17) is 0 Å². The molecule has 0 atom stereocenters. The lowest BCUT2D eigenvalue weighted by Gasteiger charge is -2.15. The molecule has 0 aliphatic rings. The number of carbonyl (C=O) groups excluding carboxylic acids is 1. The lowest BCUT2D eigenvalue weighted by atomic mass is 10.1. The summed E-state index contributed by atoms with van der Waals surface area (Å²) in [6.45, 7) is 5.82. The van der Waals surface area contributed by atoms with Crippen LogP contribution < -0.4 is 4.72 Å². The van der Waals surface area contributed by atoms with Gasteiger partial charge in [0.25, 0.3) is 10.0 Å². The molecule has 2 N–H and O–H groups in total. The van der Waals surface area contributed by atoms with Crippen LogP contribution >= 0.6 is 11.3 Å². The first kappa shape index (κ1) is 28.1. The molecule has 37 heavy (non-hydrogen) atoms. The number of sulfonamides is 1. The first-order valence-corrected chi connectivity index (χ1v) is 13.9. The predicted molar refractivity (Wildman–Crippen MR) is 147 cm³/mol. The Kier molecular flexibility index (Phi) is 8.88. The monoisotopic (exact) mass is 551 g/mol. The lowest BCUT2D eigenvalue weighted by molar-refractivity contribution is 0.0600. The molecule has 6 nitrogen and oxygen atoms in total. The van der Waals surface area contributed by atoms with Crippen molar-refractivity contribution in [2.75, 3.05) is 11.8 Å². The van der Waals surface area contributed by atoms with Gasteiger partial charge >= 0.3 is 5.97 Å². The minimum absolute atomic E-state index is 0. The number of carbonyl (C=O) groups is 1. The molecule has 0 fully saturated rings. The number of ether oxygens (including phenoxy) is 1. The number of phenols is 1. The van der Waals surface area contributed by atoms with Crippen molar-refractivity contribution < 1.29 is 34.7 Å². The van der Waals surface area contributed by atoms with Gasteiger partial charge in [0.05, 0.1) is 18.4 Å². The molecule has 0 aliphatic carbocycles. The van der Waals surface area contributed by atoms with Crippen molar-refractivity contribution in [2.45, 2.75) is 38.5 Å². The average molecular weight is 552 g/mol. The van der Waals surface area contributed by atoms with Crippen LogP contribution in [0.5, 0.6) is 5.75 Å². The molecule has 0 spiro atoms. The van der Waals surface area contributed by atoms with Crippen LogP contribution in [0, 0.1) is 11.6 Å². The van der Waals surface area contributed by atoms with Gasteiger partial charge in [-0.25, -0.2) is 22.0 Å². The fourth-order valence-corrected chi connectivity index (χ4v) is 6.00. The van der Waals surface area contributed by atoms with Crippen LogP contribution in [0.25, 0.3) is 20.5 Å². The number of phenolic OH excluding ortho intramolecular Hbond substituents is 1. The molecule has 0 saturated carbocycles. The topological polar surface area (TPSA) is 92.7 Å². The summed E-state index contributed by atoms with van der Waals surface area (Å²) in [6, 6.07) is 13.1. The number of hydrogen-bond acceptors (Lipinski definition) is 6. The number of nitrogens with one attached hydrogen (secondary N) is 1. The van der Waals surface area contributed by atoms with Crippen LogP contribution in [0.1, 0.15) is 46.0 Å². The molecule has 4 rings (SSSR count). The molecule has 0 aliphatic heterocycles. The number of hydrogen-bond donors (Lipinski definition) is 2. The van der Waals surface area contributed by atoms with E-state index in [-0.39, 0.29) is 19.5 Å². The van der Waals surface area contributed by atoms with E-state index in [1.807, 2.05) is 45.0 Å². The van der Waals surface area contributed by atoms with Crippen LogP contribution in [0.3, 0.4) is 0 Å². The first-order chi connectivity index (χ1) is 17.6. The Hall–Kier alpha value is -3.50. The molecule has 1 aromatic heterocycles. The highest BCUT2D eigenvalue weighted by Gasteiger charge is 2.26. The summed E-state index contributed by atoms with van der Waals surface area (Å²) in [5.41, 5.74) is -0.343. The molecule has 4 aromatic rings. The summed E-state index contributed by atoms with van der Waals surface area (Å²) >= 11 is 1.28. The Bertz CT molecular complexity index is 1530. The molecule has 3 aromatic carbocycles. The molecule has 1 heterocycles. The van der Waals surface area contributed by atoms with Crippen LogP contribution in [0.15, 0.2) is 59.5 Å². The summed E-state index contributed by atoms with van der Waals surface area (Å²) in [5.74, 6) is -3.33. The minimum atomic E-state index is -4.57. The van der Waals surface area contributed by atoms with Gasteiger partial charge in [-0.1, -0.05) is 45.4 Å². The number of thiophene rings is 1. The summed E-state index contributed by atoms with van der Waals surface area (Å²) in [6.07, 6.45) is 0.858. The Morgan fingerprint density at radius 1 is 1.08 bits per heavy atom. The van der Waals surface area contributed by atoms with Crippen molar-refractivity contribution in [3.8, 4) is 16.2 Å². The highest BCUT2D eigenvalue weighted by Crippen LogP contribution is 2.38. The normalized spacial score (nSPS) is 11.1. The number of anilines is 1. The second kappa shape index (κ2) is 11.7. The van der Waals surface area contributed by atoms with Crippen LogP contribution in [0.2, 0.25) is 0 Å². The summed E-state index contributed by atoms with van der Waals surface area (Å²) in [7, 11) is -3.43. The number of esters is 1. The van der Waals surface area contributed by atoms with E-state index in [2.05, 4.69) is 9.46 Å². The van der Waals surface area contributed by atoms with Crippen LogP contribution in [-0.2, 0) is 21.2 Å². The highest BCUT2D eigenvalue weighted by molar-refractivity contribution is 7.92. The second-order valence-corrected chi connectivity index (χ2v) is 10.5. The standard InChI is InChI=1S/C25H21F2NO5S2.C2H6.2H2/c1-3-6-15-9-16(25(30)33-2)11-23(24(15)29)35(31,32)28-20-12-17(18(26)13-19(20)27)22-10-14-7-4-5-8-21(14)34-22;1-2;;/h4-5,7-13,28-29H,3,6H2,1-2H3;1-2H3;2*1H. The highest BCUT2D eigenvalue weighted by atomic mass is 32.2. The van der Waals surface area contributed by atoms with Crippen molar-refractivity contribution in [3.63, 3.8) is 0 Å². The van der Waals surface area contributed by atoms with E-state index in [9.17, 15) is 27.1 Å². The average Bonchev–Trinajstić information content (AvgIpc) is 3.31. The molecule has 0 bridgehead atoms. The number of aryl methyl sites for hydroxylation is 1. The summed E-state index contributed by atoms with van der Waals surface area (Å²) in [4.78, 5) is 11.9. The Morgan fingerprint density at radius 2 is 1.78 bits per heavy atom. The van der Waals surface area contributed by atoms with E-state index in [1.54, 1.807) is 6.07 Å². The summed E-state index contributed by atoms with van der Waals surface area (Å²) in [5, 5.41) is 11.5. The smallest absolute Gasteiger partial charge is 0.337 e. The van der Waals surface area contributed by atoms with Gasteiger partial charge in [-0.3, -0.25) is 4.72 Å². The third-order valence-electron chi connectivity index (χ3n) is 5.38. The molecule has 200 valence electrons.